The summed E-state index contributed by atoms with van der Waals surface area (Å²) in [5, 5.41) is 0. The van der Waals surface area contributed by atoms with Crippen LogP contribution in [-0.2, 0) is 5.41 Å². The molecule has 1 aliphatic carbocycles. The number of imidazole rings is 1. The third-order valence-corrected chi connectivity index (χ3v) is 2.61. The first-order valence-corrected chi connectivity index (χ1v) is 5.07. The van der Waals surface area contributed by atoms with Gasteiger partial charge in [0.05, 0.1) is 0 Å². The lowest BCUT2D eigenvalue weighted by Gasteiger charge is -2.21. The molecule has 2 rings (SSSR count). The third-order valence-electron chi connectivity index (χ3n) is 2.61. The van der Waals surface area contributed by atoms with Gasteiger partial charge in [-0.25, -0.2) is 4.98 Å². The maximum Gasteiger partial charge on any atom is 0.185 e. The van der Waals surface area contributed by atoms with E-state index in [2.05, 4.69) is 30.3 Å². The average molecular weight is 192 g/mol. The lowest BCUT2D eigenvalue weighted by atomic mass is 9.92. The van der Waals surface area contributed by atoms with E-state index >= 15 is 0 Å². The number of nitrogens with zero attached hydrogens (tertiary/aromatic N) is 2. The Labute approximate surface area is 84.1 Å². The molecule has 0 spiro atoms. The summed E-state index contributed by atoms with van der Waals surface area (Å²) in [5.74, 6) is 0.581. The SMILES string of the molecule is CC(C)(C)c1cnc(C=O)n1C1CC1. The predicted octanol–water partition coefficient (Wildman–Crippen LogP) is 2.33. The van der Waals surface area contributed by atoms with Crippen LogP contribution in [0.2, 0.25) is 0 Å². The summed E-state index contributed by atoms with van der Waals surface area (Å²) in [4.78, 5) is 15.0. The molecule has 1 heterocycles. The maximum absolute atomic E-state index is 10.8. The smallest absolute Gasteiger partial charge is 0.185 e. The Morgan fingerprint density at radius 1 is 1.50 bits per heavy atom. The van der Waals surface area contributed by atoms with Crippen molar-refractivity contribution in [3.63, 3.8) is 0 Å². The molecule has 1 aliphatic rings. The Bertz CT molecular complexity index is 356. The second-order valence-corrected chi connectivity index (χ2v) is 4.97. The van der Waals surface area contributed by atoms with E-state index in [0.29, 0.717) is 11.9 Å². The largest absolute Gasteiger partial charge is 0.322 e. The summed E-state index contributed by atoms with van der Waals surface area (Å²) in [7, 11) is 0. The molecule has 14 heavy (non-hydrogen) atoms. The lowest BCUT2D eigenvalue weighted by Crippen LogP contribution is -2.18. The summed E-state index contributed by atoms with van der Waals surface area (Å²) in [6, 6.07) is 0.520. The summed E-state index contributed by atoms with van der Waals surface area (Å²) < 4.78 is 2.10. The molecule has 1 aromatic heterocycles. The lowest BCUT2D eigenvalue weighted by molar-refractivity contribution is 0.111. The van der Waals surface area contributed by atoms with Gasteiger partial charge in [0, 0.05) is 23.3 Å². The van der Waals surface area contributed by atoms with Gasteiger partial charge in [-0.1, -0.05) is 20.8 Å². The molecule has 0 aliphatic heterocycles. The van der Waals surface area contributed by atoms with Gasteiger partial charge in [0.25, 0.3) is 0 Å². The molecular formula is C11H16N2O. The predicted molar refractivity (Wildman–Crippen MR) is 54.6 cm³/mol. The van der Waals surface area contributed by atoms with E-state index in [9.17, 15) is 4.79 Å². The van der Waals surface area contributed by atoms with Crippen LogP contribution in [0.1, 0.15) is 56.0 Å². The van der Waals surface area contributed by atoms with Gasteiger partial charge in [-0.05, 0) is 12.8 Å². The van der Waals surface area contributed by atoms with Crippen molar-refractivity contribution in [2.45, 2.75) is 45.1 Å². The Morgan fingerprint density at radius 2 is 2.14 bits per heavy atom. The van der Waals surface area contributed by atoms with Gasteiger partial charge in [-0.3, -0.25) is 4.79 Å². The van der Waals surface area contributed by atoms with Crippen LogP contribution in [0.15, 0.2) is 6.20 Å². The van der Waals surface area contributed by atoms with E-state index in [1.807, 2.05) is 6.20 Å². The van der Waals surface area contributed by atoms with Crippen molar-refractivity contribution >= 4 is 6.29 Å². The third kappa shape index (κ3) is 1.47. The van der Waals surface area contributed by atoms with E-state index in [1.165, 1.54) is 18.5 Å². The number of rotatable bonds is 2. The molecule has 0 atom stereocenters. The molecule has 0 saturated heterocycles. The van der Waals surface area contributed by atoms with E-state index in [0.717, 1.165) is 6.29 Å². The van der Waals surface area contributed by atoms with Crippen LogP contribution in [0.5, 0.6) is 0 Å². The minimum Gasteiger partial charge on any atom is -0.322 e. The first-order valence-electron chi connectivity index (χ1n) is 5.07. The fraction of sp³-hybridized carbons (Fsp3) is 0.636. The van der Waals surface area contributed by atoms with Crippen LogP contribution in [-0.4, -0.2) is 15.8 Å². The summed E-state index contributed by atoms with van der Waals surface area (Å²) >= 11 is 0. The first kappa shape index (κ1) is 9.44. The molecule has 1 aromatic rings. The average Bonchev–Trinajstić information content (AvgIpc) is 2.82. The molecule has 76 valence electrons. The number of carbonyl (C=O) groups excluding carboxylic acids is 1. The van der Waals surface area contributed by atoms with Gasteiger partial charge in [-0.15, -0.1) is 0 Å². The molecule has 0 bridgehead atoms. The van der Waals surface area contributed by atoms with Crippen LogP contribution in [0.4, 0.5) is 0 Å². The zero-order chi connectivity index (χ0) is 10.3. The highest BCUT2D eigenvalue weighted by Gasteiger charge is 2.31. The molecule has 1 fully saturated rings. The maximum atomic E-state index is 10.8. The minimum atomic E-state index is 0.0663. The molecular weight excluding hydrogens is 176 g/mol. The quantitative estimate of drug-likeness (QED) is 0.674. The van der Waals surface area contributed by atoms with Crippen molar-refractivity contribution in [2.24, 2.45) is 0 Å². The van der Waals surface area contributed by atoms with Crippen molar-refractivity contribution in [1.82, 2.24) is 9.55 Å². The Balaban J connectivity index is 2.49. The molecule has 3 heteroatoms. The normalized spacial score (nSPS) is 17.1. The number of carbonyl (C=O) groups is 1. The second kappa shape index (κ2) is 2.94. The van der Waals surface area contributed by atoms with Crippen LogP contribution in [0.25, 0.3) is 0 Å². The standard InChI is InChI=1S/C11H16N2O/c1-11(2,3)9-6-12-10(7-14)13(9)8-4-5-8/h6-8H,4-5H2,1-3H3. The van der Waals surface area contributed by atoms with Crippen molar-refractivity contribution in [3.8, 4) is 0 Å². The summed E-state index contributed by atoms with van der Waals surface area (Å²) in [6.45, 7) is 6.45. The number of hydrogen-bond acceptors (Lipinski definition) is 2. The monoisotopic (exact) mass is 192 g/mol. The minimum absolute atomic E-state index is 0.0663. The van der Waals surface area contributed by atoms with E-state index in [1.54, 1.807) is 0 Å². The van der Waals surface area contributed by atoms with Crippen LogP contribution in [0.3, 0.4) is 0 Å². The number of aromatic nitrogens is 2. The van der Waals surface area contributed by atoms with Gasteiger partial charge in [0.15, 0.2) is 12.1 Å². The first-order chi connectivity index (χ1) is 6.54. The molecule has 3 nitrogen and oxygen atoms in total. The van der Waals surface area contributed by atoms with Crippen molar-refractivity contribution in [3.05, 3.63) is 17.7 Å². The Hall–Kier alpha value is -1.12. The molecule has 1 saturated carbocycles. The van der Waals surface area contributed by atoms with Gasteiger partial charge >= 0.3 is 0 Å². The van der Waals surface area contributed by atoms with E-state index in [-0.39, 0.29) is 5.41 Å². The Morgan fingerprint density at radius 3 is 2.57 bits per heavy atom. The van der Waals surface area contributed by atoms with Crippen molar-refractivity contribution in [2.75, 3.05) is 0 Å². The zero-order valence-corrected chi connectivity index (χ0v) is 8.95. The molecule has 0 N–H and O–H groups in total. The zero-order valence-electron chi connectivity index (χ0n) is 8.95. The van der Waals surface area contributed by atoms with Crippen LogP contribution < -0.4 is 0 Å². The molecule has 0 aromatic carbocycles. The summed E-state index contributed by atoms with van der Waals surface area (Å²) in [6.07, 6.45) is 5.05. The van der Waals surface area contributed by atoms with Crippen molar-refractivity contribution in [1.29, 1.82) is 0 Å². The number of aldehydes is 1. The highest BCUT2D eigenvalue weighted by molar-refractivity contribution is 5.69. The van der Waals surface area contributed by atoms with Gasteiger partial charge in [0.2, 0.25) is 0 Å². The van der Waals surface area contributed by atoms with Gasteiger partial charge in [0.1, 0.15) is 0 Å². The van der Waals surface area contributed by atoms with Crippen LogP contribution >= 0.6 is 0 Å². The van der Waals surface area contributed by atoms with Gasteiger partial charge in [-0.2, -0.15) is 0 Å². The highest BCUT2D eigenvalue weighted by atomic mass is 16.1. The molecule has 0 radical (unpaired) electrons. The topological polar surface area (TPSA) is 34.9 Å². The van der Waals surface area contributed by atoms with Crippen LogP contribution in [0, 0.1) is 0 Å². The fourth-order valence-corrected chi connectivity index (χ4v) is 1.73. The number of hydrogen-bond donors (Lipinski definition) is 0. The molecule has 0 unspecified atom stereocenters. The van der Waals surface area contributed by atoms with Gasteiger partial charge < -0.3 is 4.57 Å². The molecule has 0 amide bonds. The van der Waals surface area contributed by atoms with E-state index in [4.69, 9.17) is 0 Å². The van der Waals surface area contributed by atoms with E-state index < -0.39 is 0 Å². The fourth-order valence-electron chi connectivity index (χ4n) is 1.73. The highest BCUT2D eigenvalue weighted by Crippen LogP contribution is 2.39. The second-order valence-electron chi connectivity index (χ2n) is 4.97. The summed E-state index contributed by atoms with van der Waals surface area (Å²) in [5.41, 5.74) is 1.23. The van der Waals surface area contributed by atoms with Crippen molar-refractivity contribution < 1.29 is 4.79 Å². The Kier molecular flexibility index (Phi) is 1.98.